The van der Waals surface area contributed by atoms with Gasteiger partial charge in [0.2, 0.25) is 0 Å². The maximum Gasteiger partial charge on any atom is 0.0866 e. The van der Waals surface area contributed by atoms with Gasteiger partial charge in [-0.3, -0.25) is 4.90 Å². The third-order valence-corrected chi connectivity index (χ3v) is 3.76. The van der Waals surface area contributed by atoms with Crippen LogP contribution in [0.25, 0.3) is 0 Å². The highest BCUT2D eigenvalue weighted by molar-refractivity contribution is 4.89. The van der Waals surface area contributed by atoms with Crippen molar-refractivity contribution in [2.75, 3.05) is 26.2 Å². The largest absolute Gasteiger partial charge is 0.313 e. The van der Waals surface area contributed by atoms with Crippen LogP contribution in [0.5, 0.6) is 0 Å². The van der Waals surface area contributed by atoms with Crippen LogP contribution in [0.3, 0.4) is 0 Å². The summed E-state index contributed by atoms with van der Waals surface area (Å²) in [6, 6.07) is 2.89. The monoisotopic (exact) mass is 221 g/mol. The molecule has 2 unspecified atom stereocenters. The molecule has 0 amide bonds. The topological polar surface area (TPSA) is 39.1 Å². The molecule has 2 aliphatic rings. The molecule has 1 saturated heterocycles. The van der Waals surface area contributed by atoms with E-state index in [-0.39, 0.29) is 0 Å². The molecular weight excluding hydrogens is 198 g/mol. The van der Waals surface area contributed by atoms with E-state index in [1.54, 1.807) is 0 Å². The van der Waals surface area contributed by atoms with Gasteiger partial charge in [0.15, 0.2) is 0 Å². The highest BCUT2D eigenvalue weighted by atomic mass is 15.2. The number of hydrogen-bond donors (Lipinski definition) is 1. The van der Waals surface area contributed by atoms with E-state index in [1.807, 2.05) is 0 Å². The number of nitrogens with zero attached hydrogens (tertiary/aromatic N) is 2. The number of likely N-dealkylation sites (tertiary alicyclic amines) is 1. The van der Waals surface area contributed by atoms with Crippen molar-refractivity contribution in [3.05, 3.63) is 0 Å². The Hall–Kier alpha value is -0.590. The van der Waals surface area contributed by atoms with Gasteiger partial charge in [0.25, 0.3) is 0 Å². The van der Waals surface area contributed by atoms with E-state index in [0.717, 1.165) is 31.5 Å². The average molecular weight is 221 g/mol. The van der Waals surface area contributed by atoms with Crippen LogP contribution in [0.1, 0.15) is 32.6 Å². The van der Waals surface area contributed by atoms with Gasteiger partial charge in [0, 0.05) is 19.1 Å². The Labute approximate surface area is 98.8 Å². The molecule has 0 spiro atoms. The highest BCUT2D eigenvalue weighted by Gasteiger charge is 2.31. The van der Waals surface area contributed by atoms with Gasteiger partial charge in [0.05, 0.1) is 12.6 Å². The van der Waals surface area contributed by atoms with Crippen LogP contribution in [-0.4, -0.2) is 37.1 Å². The molecule has 2 rings (SSSR count). The molecule has 0 aromatic carbocycles. The molecule has 1 aliphatic carbocycles. The second-order valence-electron chi connectivity index (χ2n) is 5.39. The zero-order valence-electron chi connectivity index (χ0n) is 10.3. The van der Waals surface area contributed by atoms with Crippen molar-refractivity contribution in [1.82, 2.24) is 10.2 Å². The van der Waals surface area contributed by atoms with Crippen molar-refractivity contribution in [2.45, 2.75) is 38.6 Å². The van der Waals surface area contributed by atoms with E-state index in [9.17, 15) is 0 Å². The summed E-state index contributed by atoms with van der Waals surface area (Å²) in [5.41, 5.74) is 0. The average Bonchev–Trinajstić information content (AvgIpc) is 3.02. The van der Waals surface area contributed by atoms with Gasteiger partial charge >= 0.3 is 0 Å². The van der Waals surface area contributed by atoms with Crippen molar-refractivity contribution in [3.8, 4) is 6.07 Å². The van der Waals surface area contributed by atoms with E-state index in [0.29, 0.717) is 12.6 Å². The van der Waals surface area contributed by atoms with Gasteiger partial charge in [-0.15, -0.1) is 0 Å². The van der Waals surface area contributed by atoms with E-state index >= 15 is 0 Å². The molecule has 0 aromatic rings. The smallest absolute Gasteiger partial charge is 0.0866 e. The van der Waals surface area contributed by atoms with Crippen molar-refractivity contribution in [1.29, 1.82) is 5.26 Å². The predicted octanol–water partition coefficient (Wildman–Crippen LogP) is 1.61. The number of likely N-dealkylation sites (N-methyl/N-ethyl adjacent to an activating group) is 1. The molecule has 1 aliphatic heterocycles. The summed E-state index contributed by atoms with van der Waals surface area (Å²) in [5, 5.41) is 12.3. The number of hydrogen-bond acceptors (Lipinski definition) is 3. The Bertz CT molecular complexity index is 254. The highest BCUT2D eigenvalue weighted by Crippen LogP contribution is 2.37. The molecule has 1 N–H and O–H groups in total. The molecule has 16 heavy (non-hydrogen) atoms. The summed E-state index contributed by atoms with van der Waals surface area (Å²) in [5.74, 6) is 1.83. The molecule has 3 nitrogen and oxygen atoms in total. The maximum atomic E-state index is 8.80. The van der Waals surface area contributed by atoms with Gasteiger partial charge in [0.1, 0.15) is 0 Å². The summed E-state index contributed by atoms with van der Waals surface area (Å²) >= 11 is 0. The summed E-state index contributed by atoms with van der Waals surface area (Å²) in [6.45, 7) is 6.01. The Balaban J connectivity index is 1.84. The number of nitrogens with one attached hydrogen (secondary N) is 1. The van der Waals surface area contributed by atoms with Crippen LogP contribution in [-0.2, 0) is 0 Å². The van der Waals surface area contributed by atoms with Gasteiger partial charge in [-0.2, -0.15) is 5.26 Å². The van der Waals surface area contributed by atoms with Crippen LogP contribution in [0.4, 0.5) is 0 Å². The van der Waals surface area contributed by atoms with Gasteiger partial charge in [-0.25, -0.2) is 0 Å². The minimum absolute atomic E-state index is 0.600. The van der Waals surface area contributed by atoms with Gasteiger partial charge in [-0.05, 0) is 31.2 Å². The SMILES string of the molecule is CCNC1CC(CC2CC2)CN(CC#N)C1. The molecule has 2 atom stereocenters. The van der Waals surface area contributed by atoms with Crippen LogP contribution < -0.4 is 5.32 Å². The number of rotatable bonds is 5. The van der Waals surface area contributed by atoms with E-state index in [4.69, 9.17) is 5.26 Å². The molecule has 2 fully saturated rings. The summed E-state index contributed by atoms with van der Waals surface area (Å²) in [4.78, 5) is 2.32. The molecule has 1 saturated carbocycles. The van der Waals surface area contributed by atoms with Crippen LogP contribution >= 0.6 is 0 Å². The Morgan fingerprint density at radius 1 is 1.31 bits per heavy atom. The minimum atomic E-state index is 0.600. The van der Waals surface area contributed by atoms with Crippen molar-refractivity contribution in [2.24, 2.45) is 11.8 Å². The lowest BCUT2D eigenvalue weighted by molar-refractivity contribution is 0.147. The molecule has 1 heterocycles. The zero-order valence-corrected chi connectivity index (χ0v) is 10.3. The fraction of sp³-hybridized carbons (Fsp3) is 0.923. The van der Waals surface area contributed by atoms with Crippen LogP contribution in [0.15, 0.2) is 0 Å². The quantitative estimate of drug-likeness (QED) is 0.717. The van der Waals surface area contributed by atoms with E-state index in [1.165, 1.54) is 25.7 Å². The second kappa shape index (κ2) is 5.65. The summed E-state index contributed by atoms with van der Waals surface area (Å²) in [6.07, 6.45) is 5.59. The molecule has 3 heteroatoms. The lowest BCUT2D eigenvalue weighted by atomic mass is 9.89. The second-order valence-corrected chi connectivity index (χ2v) is 5.39. The fourth-order valence-electron chi connectivity index (χ4n) is 2.96. The predicted molar refractivity (Wildman–Crippen MR) is 65.0 cm³/mol. The molecule has 90 valence electrons. The summed E-state index contributed by atoms with van der Waals surface area (Å²) < 4.78 is 0. The van der Waals surface area contributed by atoms with Gasteiger partial charge in [-0.1, -0.05) is 19.8 Å². The first kappa shape index (κ1) is 11.9. The molecule has 0 bridgehead atoms. The van der Waals surface area contributed by atoms with E-state index in [2.05, 4.69) is 23.2 Å². The Kier molecular flexibility index (Phi) is 4.20. The third kappa shape index (κ3) is 3.47. The summed E-state index contributed by atoms with van der Waals surface area (Å²) in [7, 11) is 0. The third-order valence-electron chi connectivity index (χ3n) is 3.76. The number of piperidine rings is 1. The maximum absolute atomic E-state index is 8.80. The van der Waals surface area contributed by atoms with Crippen LogP contribution in [0, 0.1) is 23.2 Å². The first-order valence-electron chi connectivity index (χ1n) is 6.64. The molecular formula is C13H23N3. The fourth-order valence-corrected chi connectivity index (χ4v) is 2.96. The van der Waals surface area contributed by atoms with Crippen molar-refractivity contribution in [3.63, 3.8) is 0 Å². The van der Waals surface area contributed by atoms with E-state index < -0.39 is 0 Å². The molecule has 0 radical (unpaired) electrons. The lowest BCUT2D eigenvalue weighted by Crippen LogP contribution is -2.49. The van der Waals surface area contributed by atoms with Crippen LogP contribution in [0.2, 0.25) is 0 Å². The Morgan fingerprint density at radius 3 is 2.75 bits per heavy atom. The van der Waals surface area contributed by atoms with Gasteiger partial charge < -0.3 is 5.32 Å². The normalized spacial score (nSPS) is 31.2. The van der Waals surface area contributed by atoms with Crippen molar-refractivity contribution < 1.29 is 0 Å². The first-order chi connectivity index (χ1) is 7.81. The lowest BCUT2D eigenvalue weighted by Gasteiger charge is -2.37. The minimum Gasteiger partial charge on any atom is -0.313 e. The standard InChI is InChI=1S/C13H23N3/c1-2-15-13-8-12(7-11-3-4-11)9-16(10-13)6-5-14/h11-13,15H,2-4,6-10H2,1H3. The Morgan fingerprint density at radius 2 is 2.12 bits per heavy atom. The first-order valence-corrected chi connectivity index (χ1v) is 6.64. The zero-order chi connectivity index (χ0) is 11.4. The van der Waals surface area contributed by atoms with Crippen molar-refractivity contribution >= 4 is 0 Å². The molecule has 0 aromatic heterocycles. The number of nitriles is 1.